The largest absolute Gasteiger partial charge is 0.341 e. The number of carbonyl (C=O) groups excluding carboxylic acids is 1. The number of halogens is 1. The minimum Gasteiger partial charge on any atom is -0.341 e. The number of hydrogen-bond acceptors (Lipinski definition) is 5. The van der Waals surface area contributed by atoms with Crippen LogP contribution < -0.4 is 5.32 Å². The van der Waals surface area contributed by atoms with Gasteiger partial charge in [-0.15, -0.1) is 12.4 Å². The van der Waals surface area contributed by atoms with Crippen molar-refractivity contribution in [1.29, 1.82) is 0 Å². The van der Waals surface area contributed by atoms with Crippen molar-refractivity contribution in [2.75, 3.05) is 33.2 Å². The molecule has 0 aromatic carbocycles. The van der Waals surface area contributed by atoms with Crippen molar-refractivity contribution in [2.24, 2.45) is 5.92 Å². The van der Waals surface area contributed by atoms with Crippen LogP contribution in [-0.2, 0) is 14.8 Å². The summed E-state index contributed by atoms with van der Waals surface area (Å²) in [5.41, 5.74) is 1.05. The molecule has 2 fully saturated rings. The average molecular weight is 420 g/mol. The number of piperidine rings is 2. The van der Waals surface area contributed by atoms with Crippen LogP contribution in [0, 0.1) is 19.8 Å². The summed E-state index contributed by atoms with van der Waals surface area (Å²) < 4.78 is 27.3. The Hall–Kier alpha value is -1.16. The Kier molecular flexibility index (Phi) is 7.29. The molecule has 1 amide bonds. The monoisotopic (exact) mass is 419 g/mol. The van der Waals surface area contributed by atoms with Gasteiger partial charge in [0, 0.05) is 38.1 Å². The lowest BCUT2D eigenvalue weighted by molar-refractivity contribution is -0.138. The summed E-state index contributed by atoms with van der Waals surface area (Å²) in [6.45, 7) is 5.74. The van der Waals surface area contributed by atoms with Gasteiger partial charge in [-0.2, -0.15) is 9.40 Å². The van der Waals surface area contributed by atoms with Gasteiger partial charge in [0.05, 0.1) is 11.4 Å². The summed E-state index contributed by atoms with van der Waals surface area (Å²) in [7, 11) is -1.63. The number of nitrogens with one attached hydrogen (secondary N) is 2. The van der Waals surface area contributed by atoms with E-state index in [1.54, 1.807) is 13.8 Å². The van der Waals surface area contributed by atoms with Gasteiger partial charge < -0.3 is 10.2 Å². The van der Waals surface area contributed by atoms with Crippen molar-refractivity contribution in [3.63, 3.8) is 0 Å². The predicted octanol–water partition coefficient (Wildman–Crippen LogP) is 1.06. The standard InChI is InChI=1S/C17H29N5O3S.ClH/c1-12-16(13(2)20-19-12)26(24,25)22-9-6-14(7-10-22)17(23)21-8-4-5-15(11-21)18-3;/h14-15,18H,4-11H2,1-3H3,(H,19,20);1H. The fraction of sp³-hybridized carbons (Fsp3) is 0.765. The zero-order valence-corrected chi connectivity index (χ0v) is 17.8. The first kappa shape index (κ1) is 22.1. The number of sulfonamides is 1. The van der Waals surface area contributed by atoms with Crippen LogP contribution in [0.4, 0.5) is 0 Å². The second-order valence-electron chi connectivity index (χ2n) is 7.35. The summed E-state index contributed by atoms with van der Waals surface area (Å²) in [5.74, 6) is 0.0984. The number of rotatable bonds is 4. The molecule has 1 atom stereocenters. The Bertz CT molecular complexity index is 739. The Balaban J connectivity index is 0.00000261. The number of likely N-dealkylation sites (N-methyl/N-ethyl adjacent to an activating group) is 1. The van der Waals surface area contributed by atoms with E-state index in [9.17, 15) is 13.2 Å². The number of likely N-dealkylation sites (tertiary alicyclic amines) is 1. The summed E-state index contributed by atoms with van der Waals surface area (Å²) >= 11 is 0. The number of aromatic nitrogens is 2. The van der Waals surface area contributed by atoms with Crippen molar-refractivity contribution in [2.45, 2.75) is 50.5 Å². The molecular formula is C17H30ClN5O3S. The SMILES string of the molecule is CNC1CCCN(C(=O)C2CCN(S(=O)(=O)c3c(C)n[nH]c3C)CC2)C1.Cl. The Morgan fingerprint density at radius 3 is 2.41 bits per heavy atom. The van der Waals surface area contributed by atoms with Crippen LogP contribution in [0.3, 0.4) is 0 Å². The van der Waals surface area contributed by atoms with Crippen LogP contribution in [0.25, 0.3) is 0 Å². The first-order chi connectivity index (χ1) is 12.3. The molecule has 27 heavy (non-hydrogen) atoms. The molecule has 2 aliphatic heterocycles. The van der Waals surface area contributed by atoms with Crippen molar-refractivity contribution in [3.8, 4) is 0 Å². The topological polar surface area (TPSA) is 98.4 Å². The maximum Gasteiger partial charge on any atom is 0.246 e. The van der Waals surface area contributed by atoms with Gasteiger partial charge in [-0.3, -0.25) is 9.89 Å². The quantitative estimate of drug-likeness (QED) is 0.760. The normalized spacial score (nSPS) is 22.5. The fourth-order valence-electron chi connectivity index (χ4n) is 4.06. The summed E-state index contributed by atoms with van der Waals surface area (Å²) in [4.78, 5) is 15.0. The second-order valence-corrected chi connectivity index (χ2v) is 9.23. The van der Waals surface area contributed by atoms with Gasteiger partial charge >= 0.3 is 0 Å². The smallest absolute Gasteiger partial charge is 0.246 e. The first-order valence-electron chi connectivity index (χ1n) is 9.32. The van der Waals surface area contributed by atoms with E-state index >= 15 is 0 Å². The molecule has 8 nitrogen and oxygen atoms in total. The predicted molar refractivity (Wildman–Crippen MR) is 105 cm³/mol. The Morgan fingerprint density at radius 1 is 1.19 bits per heavy atom. The number of amides is 1. The molecule has 0 radical (unpaired) electrons. The molecule has 2 saturated heterocycles. The molecule has 0 saturated carbocycles. The number of aromatic amines is 1. The van der Waals surface area contributed by atoms with Crippen LogP contribution >= 0.6 is 12.4 Å². The van der Waals surface area contributed by atoms with Gasteiger partial charge in [-0.1, -0.05) is 0 Å². The lowest BCUT2D eigenvalue weighted by atomic mass is 9.95. The molecule has 3 rings (SSSR count). The molecular weight excluding hydrogens is 390 g/mol. The molecule has 10 heteroatoms. The van der Waals surface area contributed by atoms with Crippen LogP contribution in [-0.4, -0.2) is 73.0 Å². The third-order valence-corrected chi connectivity index (χ3v) is 7.77. The summed E-state index contributed by atoms with van der Waals surface area (Å²) in [5, 5.41) is 9.99. The highest BCUT2D eigenvalue weighted by Crippen LogP contribution is 2.28. The number of H-pyrrole nitrogens is 1. The third kappa shape index (κ3) is 4.47. The molecule has 3 heterocycles. The minimum absolute atomic E-state index is 0. The van der Waals surface area contributed by atoms with E-state index in [0.717, 1.165) is 25.9 Å². The van der Waals surface area contributed by atoms with Gasteiger partial charge in [0.15, 0.2) is 0 Å². The van der Waals surface area contributed by atoms with Gasteiger partial charge in [-0.05, 0) is 46.6 Å². The Labute approximate surface area is 167 Å². The van der Waals surface area contributed by atoms with E-state index in [2.05, 4.69) is 15.5 Å². The lowest BCUT2D eigenvalue weighted by Crippen LogP contribution is -2.50. The van der Waals surface area contributed by atoms with E-state index in [4.69, 9.17) is 0 Å². The zero-order chi connectivity index (χ0) is 18.9. The zero-order valence-electron chi connectivity index (χ0n) is 16.2. The summed E-state index contributed by atoms with van der Waals surface area (Å²) in [6.07, 6.45) is 3.27. The van der Waals surface area contributed by atoms with Gasteiger partial charge in [-0.25, -0.2) is 8.42 Å². The van der Waals surface area contributed by atoms with Crippen LogP contribution in [0.1, 0.15) is 37.1 Å². The molecule has 154 valence electrons. The molecule has 1 unspecified atom stereocenters. The van der Waals surface area contributed by atoms with Crippen LogP contribution in [0.2, 0.25) is 0 Å². The van der Waals surface area contributed by atoms with E-state index < -0.39 is 10.0 Å². The average Bonchev–Trinajstić information content (AvgIpc) is 3.00. The molecule has 0 spiro atoms. The Morgan fingerprint density at radius 2 is 1.85 bits per heavy atom. The fourth-order valence-corrected chi connectivity index (χ4v) is 5.87. The maximum atomic E-state index is 12.9. The molecule has 0 bridgehead atoms. The van der Waals surface area contributed by atoms with Gasteiger partial charge in [0.25, 0.3) is 0 Å². The molecule has 1 aromatic rings. The molecule has 2 aliphatic rings. The molecule has 1 aromatic heterocycles. The third-order valence-electron chi connectivity index (χ3n) is 5.60. The number of carbonyl (C=O) groups is 1. The van der Waals surface area contributed by atoms with E-state index in [1.807, 2.05) is 11.9 Å². The minimum atomic E-state index is -3.56. The first-order valence-corrected chi connectivity index (χ1v) is 10.8. The summed E-state index contributed by atoms with van der Waals surface area (Å²) in [6, 6.07) is 0.361. The second kappa shape index (κ2) is 8.89. The van der Waals surface area contributed by atoms with Gasteiger partial charge in [0.2, 0.25) is 15.9 Å². The van der Waals surface area contributed by atoms with Crippen molar-refractivity contribution >= 4 is 28.3 Å². The van der Waals surface area contributed by atoms with E-state index in [-0.39, 0.29) is 29.1 Å². The molecule has 2 N–H and O–H groups in total. The number of nitrogens with zero attached hydrogens (tertiary/aromatic N) is 3. The van der Waals surface area contributed by atoms with Crippen molar-refractivity contribution in [3.05, 3.63) is 11.4 Å². The van der Waals surface area contributed by atoms with Crippen molar-refractivity contribution in [1.82, 2.24) is 24.7 Å². The highest BCUT2D eigenvalue weighted by molar-refractivity contribution is 7.89. The lowest BCUT2D eigenvalue weighted by Gasteiger charge is -2.37. The number of hydrogen-bond donors (Lipinski definition) is 2. The van der Waals surface area contributed by atoms with Gasteiger partial charge in [0.1, 0.15) is 4.90 Å². The highest BCUT2D eigenvalue weighted by atomic mass is 35.5. The van der Waals surface area contributed by atoms with Crippen molar-refractivity contribution < 1.29 is 13.2 Å². The highest BCUT2D eigenvalue weighted by Gasteiger charge is 2.36. The van der Waals surface area contributed by atoms with E-state index in [0.29, 0.717) is 43.4 Å². The molecule has 0 aliphatic carbocycles. The van der Waals surface area contributed by atoms with Crippen LogP contribution in [0.5, 0.6) is 0 Å². The van der Waals surface area contributed by atoms with E-state index in [1.165, 1.54) is 4.31 Å². The maximum absolute atomic E-state index is 12.9. The van der Waals surface area contributed by atoms with Crippen LogP contribution in [0.15, 0.2) is 4.90 Å². The number of aryl methyl sites for hydroxylation is 2.